The van der Waals surface area contributed by atoms with E-state index in [2.05, 4.69) is 21.2 Å². The van der Waals surface area contributed by atoms with Crippen LogP contribution < -0.4 is 10.1 Å². The van der Waals surface area contributed by atoms with Crippen molar-refractivity contribution in [1.29, 1.82) is 0 Å². The van der Waals surface area contributed by atoms with Crippen LogP contribution in [0.1, 0.15) is 0 Å². The van der Waals surface area contributed by atoms with Gasteiger partial charge >= 0.3 is 0 Å². The molecular weight excluding hydrogens is 426 g/mol. The smallest absolute Gasteiger partial charge is 0.162 e. The van der Waals surface area contributed by atoms with Crippen LogP contribution in [0.15, 0.2) is 71.2 Å². The van der Waals surface area contributed by atoms with E-state index in [4.69, 9.17) is 26.3 Å². The van der Waals surface area contributed by atoms with Crippen LogP contribution in [0.25, 0.3) is 22.3 Å². The fraction of sp³-hybridized carbons (Fsp3) is 0.0476. The second kappa shape index (κ2) is 7.55. The van der Waals surface area contributed by atoms with Crippen LogP contribution in [0.2, 0.25) is 5.02 Å². The summed E-state index contributed by atoms with van der Waals surface area (Å²) in [5, 5.41) is 4.87. The average molecular weight is 441 g/mol. The Bertz CT molecular complexity index is 1120. The van der Waals surface area contributed by atoms with E-state index < -0.39 is 0 Å². The molecule has 1 N–H and O–H groups in total. The van der Waals surface area contributed by atoms with E-state index in [-0.39, 0.29) is 0 Å². The lowest BCUT2D eigenvalue weighted by molar-refractivity contribution is 0.417. The number of fused-ring (bicyclic) bond motifs is 1. The second-order valence-electron chi connectivity index (χ2n) is 5.89. The molecule has 4 rings (SSSR count). The molecule has 27 heavy (non-hydrogen) atoms. The molecule has 0 spiro atoms. The van der Waals surface area contributed by atoms with Crippen LogP contribution in [-0.4, -0.2) is 17.1 Å². The van der Waals surface area contributed by atoms with E-state index in [1.165, 1.54) is 0 Å². The summed E-state index contributed by atoms with van der Waals surface area (Å²) in [5.41, 5.74) is 2.53. The molecule has 0 saturated carbocycles. The maximum atomic E-state index is 6.17. The SMILES string of the molecule is COc1ccc(Cl)cc1Nc1nc(-c2ccccc2)nc2ccc(Br)cc12. The number of anilines is 2. The second-order valence-corrected chi connectivity index (χ2v) is 7.25. The summed E-state index contributed by atoms with van der Waals surface area (Å²) >= 11 is 9.70. The van der Waals surface area contributed by atoms with Gasteiger partial charge in [0.25, 0.3) is 0 Å². The predicted molar refractivity (Wildman–Crippen MR) is 114 cm³/mol. The van der Waals surface area contributed by atoms with Gasteiger partial charge in [0.2, 0.25) is 0 Å². The third-order valence-electron chi connectivity index (χ3n) is 4.10. The number of hydrogen-bond acceptors (Lipinski definition) is 4. The predicted octanol–water partition coefficient (Wildman–Crippen LogP) is 6.46. The Labute approximate surface area is 170 Å². The fourth-order valence-electron chi connectivity index (χ4n) is 2.82. The maximum absolute atomic E-state index is 6.17. The lowest BCUT2D eigenvalue weighted by atomic mass is 10.1. The van der Waals surface area contributed by atoms with Gasteiger partial charge in [0, 0.05) is 20.4 Å². The molecule has 0 atom stereocenters. The number of nitrogens with zero attached hydrogens (tertiary/aromatic N) is 2. The van der Waals surface area contributed by atoms with E-state index in [0.29, 0.717) is 22.4 Å². The molecule has 4 nitrogen and oxygen atoms in total. The van der Waals surface area contributed by atoms with Crippen molar-refractivity contribution in [1.82, 2.24) is 9.97 Å². The quantitative estimate of drug-likeness (QED) is 0.395. The number of benzene rings is 3. The molecule has 1 aromatic heterocycles. The molecular formula is C21H15BrClN3O. The highest BCUT2D eigenvalue weighted by Gasteiger charge is 2.12. The van der Waals surface area contributed by atoms with Crippen LogP contribution in [0.4, 0.5) is 11.5 Å². The molecule has 0 unspecified atom stereocenters. The minimum Gasteiger partial charge on any atom is -0.495 e. The zero-order chi connectivity index (χ0) is 18.8. The highest BCUT2D eigenvalue weighted by molar-refractivity contribution is 9.10. The normalized spacial score (nSPS) is 10.8. The fourth-order valence-corrected chi connectivity index (χ4v) is 3.35. The first-order valence-electron chi connectivity index (χ1n) is 8.27. The zero-order valence-corrected chi connectivity index (χ0v) is 16.8. The first-order chi connectivity index (χ1) is 13.1. The zero-order valence-electron chi connectivity index (χ0n) is 14.4. The molecule has 6 heteroatoms. The largest absolute Gasteiger partial charge is 0.495 e. The Morgan fingerprint density at radius 1 is 0.963 bits per heavy atom. The summed E-state index contributed by atoms with van der Waals surface area (Å²) < 4.78 is 6.40. The molecule has 1 heterocycles. The molecule has 0 fully saturated rings. The van der Waals surface area contributed by atoms with Gasteiger partial charge in [-0.2, -0.15) is 0 Å². The van der Waals surface area contributed by atoms with Crippen molar-refractivity contribution in [2.75, 3.05) is 12.4 Å². The van der Waals surface area contributed by atoms with Gasteiger partial charge in [0.05, 0.1) is 18.3 Å². The van der Waals surface area contributed by atoms with Crippen molar-refractivity contribution in [3.63, 3.8) is 0 Å². The Morgan fingerprint density at radius 2 is 1.78 bits per heavy atom. The maximum Gasteiger partial charge on any atom is 0.162 e. The van der Waals surface area contributed by atoms with E-state index in [1.54, 1.807) is 13.2 Å². The molecule has 3 aromatic carbocycles. The molecule has 0 aliphatic carbocycles. The summed E-state index contributed by atoms with van der Waals surface area (Å²) in [6, 6.07) is 21.2. The molecule has 0 amide bonds. The summed E-state index contributed by atoms with van der Waals surface area (Å²) in [4.78, 5) is 9.49. The molecule has 0 radical (unpaired) electrons. The van der Waals surface area contributed by atoms with Crippen molar-refractivity contribution in [2.24, 2.45) is 0 Å². The number of methoxy groups -OCH3 is 1. The number of ether oxygens (including phenoxy) is 1. The molecule has 4 aromatic rings. The van der Waals surface area contributed by atoms with Gasteiger partial charge in [-0.15, -0.1) is 0 Å². The standard InChI is InChI=1S/C21H15BrClN3O/c1-27-19-10-8-15(23)12-18(19)25-21-16-11-14(22)7-9-17(16)24-20(26-21)13-5-3-2-4-6-13/h2-12H,1H3,(H,24,25,26). The minimum atomic E-state index is 0.612. The summed E-state index contributed by atoms with van der Waals surface area (Å²) in [7, 11) is 1.62. The van der Waals surface area contributed by atoms with Crippen molar-refractivity contribution in [2.45, 2.75) is 0 Å². The summed E-state index contributed by atoms with van der Waals surface area (Å²) in [6.45, 7) is 0. The van der Waals surface area contributed by atoms with Crippen LogP contribution in [-0.2, 0) is 0 Å². The van der Waals surface area contributed by atoms with E-state index in [0.717, 1.165) is 26.6 Å². The van der Waals surface area contributed by atoms with Crippen molar-refractivity contribution in [3.8, 4) is 17.1 Å². The van der Waals surface area contributed by atoms with Crippen molar-refractivity contribution in [3.05, 3.63) is 76.2 Å². The molecule has 0 saturated heterocycles. The van der Waals surface area contributed by atoms with Crippen molar-refractivity contribution >= 4 is 49.9 Å². The van der Waals surface area contributed by atoms with E-state index in [9.17, 15) is 0 Å². The van der Waals surface area contributed by atoms with Crippen LogP contribution in [0.3, 0.4) is 0 Å². The minimum absolute atomic E-state index is 0.612. The lowest BCUT2D eigenvalue weighted by Crippen LogP contribution is -2.01. The molecule has 0 aliphatic rings. The number of hydrogen-bond donors (Lipinski definition) is 1. The first-order valence-corrected chi connectivity index (χ1v) is 9.44. The third-order valence-corrected chi connectivity index (χ3v) is 4.83. The lowest BCUT2D eigenvalue weighted by Gasteiger charge is -2.14. The van der Waals surface area contributed by atoms with Crippen LogP contribution in [0, 0.1) is 0 Å². The monoisotopic (exact) mass is 439 g/mol. The number of halogens is 2. The molecule has 134 valence electrons. The first kappa shape index (κ1) is 17.8. The van der Waals surface area contributed by atoms with Gasteiger partial charge in [-0.1, -0.05) is 57.9 Å². The van der Waals surface area contributed by atoms with Gasteiger partial charge in [-0.25, -0.2) is 9.97 Å². The average Bonchev–Trinajstić information content (AvgIpc) is 2.69. The Hall–Kier alpha value is -2.63. The highest BCUT2D eigenvalue weighted by atomic mass is 79.9. The van der Waals surface area contributed by atoms with E-state index in [1.807, 2.05) is 60.7 Å². The van der Waals surface area contributed by atoms with Gasteiger partial charge in [-0.05, 0) is 36.4 Å². The number of rotatable bonds is 4. The topological polar surface area (TPSA) is 47.0 Å². The number of aromatic nitrogens is 2. The van der Waals surface area contributed by atoms with Crippen LogP contribution >= 0.6 is 27.5 Å². The Kier molecular flexibility index (Phi) is 4.97. The van der Waals surface area contributed by atoms with Crippen LogP contribution in [0.5, 0.6) is 5.75 Å². The van der Waals surface area contributed by atoms with Gasteiger partial charge in [-0.3, -0.25) is 0 Å². The Balaban J connectivity index is 1.90. The summed E-state index contributed by atoms with van der Waals surface area (Å²) in [6.07, 6.45) is 0. The molecule has 0 aliphatic heterocycles. The van der Waals surface area contributed by atoms with Gasteiger partial charge < -0.3 is 10.1 Å². The molecule has 0 bridgehead atoms. The number of nitrogens with one attached hydrogen (secondary N) is 1. The summed E-state index contributed by atoms with van der Waals surface area (Å²) in [5.74, 6) is 2.01. The van der Waals surface area contributed by atoms with Gasteiger partial charge in [0.15, 0.2) is 5.82 Å². The van der Waals surface area contributed by atoms with E-state index >= 15 is 0 Å². The highest BCUT2D eigenvalue weighted by Crippen LogP contribution is 2.34. The Morgan fingerprint density at radius 3 is 2.56 bits per heavy atom. The van der Waals surface area contributed by atoms with Gasteiger partial charge in [0.1, 0.15) is 11.6 Å². The third kappa shape index (κ3) is 3.75. The van der Waals surface area contributed by atoms with Crippen molar-refractivity contribution < 1.29 is 4.74 Å².